The Hall–Kier alpha value is -1.07. The summed E-state index contributed by atoms with van der Waals surface area (Å²) in [6.07, 6.45) is 1.52. The summed E-state index contributed by atoms with van der Waals surface area (Å²) in [7, 11) is 1.93. The van der Waals surface area contributed by atoms with Gasteiger partial charge in [0, 0.05) is 19.3 Å². The Balaban J connectivity index is 0.00000361. The average molecular weight is 303 g/mol. The molecule has 0 unspecified atom stereocenters. The van der Waals surface area contributed by atoms with Crippen LogP contribution in [0.5, 0.6) is 0 Å². The maximum Gasteiger partial charge on any atom is 0.236 e. The molecule has 1 rings (SSSR count). The topological polar surface area (TPSA) is 72.9 Å². The van der Waals surface area contributed by atoms with E-state index < -0.39 is 6.04 Å². The smallest absolute Gasteiger partial charge is 0.236 e. The predicted molar refractivity (Wildman–Crippen MR) is 84.1 cm³/mol. The molecule has 5 nitrogen and oxygen atoms in total. The quantitative estimate of drug-likeness (QED) is 0.836. The zero-order valence-corrected chi connectivity index (χ0v) is 13.9. The normalized spacial score (nSPS) is 12.2. The van der Waals surface area contributed by atoms with Crippen LogP contribution in [0.25, 0.3) is 0 Å². The maximum absolute atomic E-state index is 11.8. The van der Waals surface area contributed by atoms with Crippen LogP contribution in [0.3, 0.4) is 0 Å². The minimum Gasteiger partial charge on any atom is -0.354 e. The highest BCUT2D eigenvalue weighted by Gasteiger charge is 2.15. The van der Waals surface area contributed by atoms with Gasteiger partial charge in [-0.25, -0.2) is 0 Å². The predicted octanol–water partition coefficient (Wildman–Crippen LogP) is 1.49. The molecule has 1 aromatic rings. The maximum atomic E-state index is 11.8. The van der Waals surface area contributed by atoms with Crippen molar-refractivity contribution in [3.63, 3.8) is 0 Å². The van der Waals surface area contributed by atoms with Crippen molar-refractivity contribution >= 4 is 18.3 Å². The Morgan fingerprint density at radius 2 is 2.00 bits per heavy atom. The van der Waals surface area contributed by atoms with E-state index in [2.05, 4.69) is 24.3 Å². The van der Waals surface area contributed by atoms with Gasteiger partial charge in [0.1, 0.15) is 0 Å². The van der Waals surface area contributed by atoms with Crippen molar-refractivity contribution in [3.05, 3.63) is 17.0 Å². The molecule has 3 N–H and O–H groups in total. The third-order valence-electron chi connectivity index (χ3n) is 3.40. The third-order valence-corrected chi connectivity index (χ3v) is 3.40. The lowest BCUT2D eigenvalue weighted by atomic mass is 10.0. The van der Waals surface area contributed by atoms with Crippen LogP contribution < -0.4 is 11.1 Å². The van der Waals surface area contributed by atoms with E-state index in [4.69, 9.17) is 5.73 Å². The van der Waals surface area contributed by atoms with Gasteiger partial charge in [0.25, 0.3) is 0 Å². The highest BCUT2D eigenvalue weighted by atomic mass is 35.5. The second kappa shape index (κ2) is 8.27. The zero-order chi connectivity index (χ0) is 14.6. The zero-order valence-electron chi connectivity index (χ0n) is 13.1. The SMILES string of the molecule is Cc1nn(C)c(C)c1CCNC(=O)[C@@H](N)CC(C)C.Cl. The molecule has 0 aromatic carbocycles. The van der Waals surface area contributed by atoms with Gasteiger partial charge in [-0.05, 0) is 38.2 Å². The Kier molecular flexibility index (Phi) is 7.83. The number of nitrogens with one attached hydrogen (secondary N) is 1. The first-order valence-electron chi connectivity index (χ1n) is 6.85. The number of nitrogens with two attached hydrogens (primary N) is 1. The molecule has 0 saturated heterocycles. The number of rotatable bonds is 6. The molecular weight excluding hydrogens is 276 g/mol. The average Bonchev–Trinajstić information content (AvgIpc) is 2.54. The summed E-state index contributed by atoms with van der Waals surface area (Å²) in [5.74, 6) is 0.372. The van der Waals surface area contributed by atoms with Crippen molar-refractivity contribution in [2.75, 3.05) is 6.54 Å². The second-order valence-corrected chi connectivity index (χ2v) is 5.55. The van der Waals surface area contributed by atoms with Crippen LogP contribution in [-0.2, 0) is 18.3 Å². The lowest BCUT2D eigenvalue weighted by Gasteiger charge is -2.14. The van der Waals surface area contributed by atoms with Gasteiger partial charge in [-0.3, -0.25) is 9.48 Å². The Bertz CT molecular complexity index is 443. The number of amides is 1. The van der Waals surface area contributed by atoms with Crippen LogP contribution in [0.15, 0.2) is 0 Å². The van der Waals surface area contributed by atoms with Gasteiger partial charge < -0.3 is 11.1 Å². The molecular formula is C14H27ClN4O. The first-order chi connectivity index (χ1) is 8.82. The number of carbonyl (C=O) groups is 1. The summed E-state index contributed by atoms with van der Waals surface area (Å²) in [6, 6.07) is -0.406. The molecule has 1 amide bonds. The summed E-state index contributed by atoms with van der Waals surface area (Å²) in [5, 5.41) is 7.26. The van der Waals surface area contributed by atoms with Gasteiger partial charge in [-0.2, -0.15) is 5.10 Å². The van der Waals surface area contributed by atoms with E-state index in [1.165, 1.54) is 5.56 Å². The molecule has 0 fully saturated rings. The van der Waals surface area contributed by atoms with Crippen LogP contribution in [0, 0.1) is 19.8 Å². The van der Waals surface area contributed by atoms with E-state index in [1.807, 2.05) is 25.6 Å². The number of aryl methyl sites for hydroxylation is 2. The molecule has 6 heteroatoms. The summed E-state index contributed by atoms with van der Waals surface area (Å²) >= 11 is 0. The van der Waals surface area contributed by atoms with Crippen LogP contribution in [0.1, 0.15) is 37.2 Å². The van der Waals surface area contributed by atoms with E-state index in [9.17, 15) is 4.79 Å². The molecule has 0 aliphatic heterocycles. The van der Waals surface area contributed by atoms with Crippen molar-refractivity contribution in [2.24, 2.45) is 18.7 Å². The van der Waals surface area contributed by atoms with Gasteiger partial charge >= 0.3 is 0 Å². The van der Waals surface area contributed by atoms with Crippen molar-refractivity contribution in [3.8, 4) is 0 Å². The van der Waals surface area contributed by atoms with Crippen LogP contribution in [-0.4, -0.2) is 28.3 Å². The molecule has 0 spiro atoms. The largest absolute Gasteiger partial charge is 0.354 e. The van der Waals surface area contributed by atoms with E-state index >= 15 is 0 Å². The first kappa shape index (κ1) is 18.9. The van der Waals surface area contributed by atoms with E-state index in [-0.39, 0.29) is 18.3 Å². The minimum atomic E-state index is -0.406. The Morgan fingerprint density at radius 3 is 2.45 bits per heavy atom. The van der Waals surface area contributed by atoms with Gasteiger partial charge in [-0.15, -0.1) is 12.4 Å². The van der Waals surface area contributed by atoms with Gasteiger partial charge in [-0.1, -0.05) is 13.8 Å². The fourth-order valence-electron chi connectivity index (χ4n) is 2.24. The molecule has 0 bridgehead atoms. The number of hydrogen-bond acceptors (Lipinski definition) is 3. The van der Waals surface area contributed by atoms with Crippen molar-refractivity contribution in [1.82, 2.24) is 15.1 Å². The van der Waals surface area contributed by atoms with E-state index in [0.717, 1.165) is 24.2 Å². The van der Waals surface area contributed by atoms with Gasteiger partial charge in [0.15, 0.2) is 0 Å². The fraction of sp³-hybridized carbons (Fsp3) is 0.714. The molecule has 0 aliphatic rings. The van der Waals surface area contributed by atoms with Crippen LogP contribution in [0.4, 0.5) is 0 Å². The molecule has 20 heavy (non-hydrogen) atoms. The van der Waals surface area contributed by atoms with E-state index in [0.29, 0.717) is 12.5 Å². The molecule has 0 saturated carbocycles. The minimum absolute atomic E-state index is 0. The lowest BCUT2D eigenvalue weighted by Crippen LogP contribution is -2.42. The molecule has 116 valence electrons. The van der Waals surface area contributed by atoms with Gasteiger partial charge in [0.05, 0.1) is 11.7 Å². The fourth-order valence-corrected chi connectivity index (χ4v) is 2.24. The standard InChI is InChI=1S/C14H26N4O.ClH/c1-9(2)8-13(15)14(19)16-7-6-12-10(3)17-18(5)11(12)4;/h9,13H,6-8,15H2,1-5H3,(H,16,19);1H/t13-;/m0./s1. The molecule has 0 aliphatic carbocycles. The highest BCUT2D eigenvalue weighted by Crippen LogP contribution is 2.11. The number of nitrogens with zero attached hydrogens (tertiary/aromatic N) is 2. The summed E-state index contributed by atoms with van der Waals surface area (Å²) < 4.78 is 1.87. The van der Waals surface area contributed by atoms with Crippen LogP contribution in [0.2, 0.25) is 0 Å². The summed E-state index contributed by atoms with van der Waals surface area (Å²) in [4.78, 5) is 11.8. The molecule has 1 heterocycles. The number of halogens is 1. The number of aromatic nitrogens is 2. The number of carbonyl (C=O) groups excluding carboxylic acids is 1. The Labute approximate surface area is 127 Å². The number of hydrogen-bond donors (Lipinski definition) is 2. The van der Waals surface area contributed by atoms with Crippen molar-refractivity contribution in [2.45, 2.75) is 46.6 Å². The second-order valence-electron chi connectivity index (χ2n) is 5.55. The monoisotopic (exact) mass is 302 g/mol. The summed E-state index contributed by atoms with van der Waals surface area (Å²) in [5.41, 5.74) is 9.22. The summed E-state index contributed by atoms with van der Waals surface area (Å²) in [6.45, 7) is 8.78. The molecule has 0 radical (unpaired) electrons. The lowest BCUT2D eigenvalue weighted by molar-refractivity contribution is -0.122. The first-order valence-corrected chi connectivity index (χ1v) is 6.85. The van der Waals surface area contributed by atoms with Gasteiger partial charge in [0.2, 0.25) is 5.91 Å². The Morgan fingerprint density at radius 1 is 1.40 bits per heavy atom. The van der Waals surface area contributed by atoms with Crippen molar-refractivity contribution < 1.29 is 4.79 Å². The van der Waals surface area contributed by atoms with Crippen molar-refractivity contribution in [1.29, 1.82) is 0 Å². The molecule has 1 aromatic heterocycles. The third kappa shape index (κ3) is 5.13. The molecule has 1 atom stereocenters. The highest BCUT2D eigenvalue weighted by molar-refractivity contribution is 5.85. The van der Waals surface area contributed by atoms with E-state index in [1.54, 1.807) is 0 Å². The van der Waals surface area contributed by atoms with Crippen LogP contribution >= 0.6 is 12.4 Å².